The van der Waals surface area contributed by atoms with Crippen LogP contribution in [0.25, 0.3) is 16.5 Å². The van der Waals surface area contributed by atoms with E-state index in [4.69, 9.17) is 0 Å². The molecule has 1 aromatic heterocycles. The minimum atomic E-state index is -0.369. The Morgan fingerprint density at radius 2 is 1.87 bits per heavy atom. The van der Waals surface area contributed by atoms with Gasteiger partial charge >= 0.3 is 6.03 Å². The maximum absolute atomic E-state index is 14.3. The van der Waals surface area contributed by atoms with E-state index in [-0.39, 0.29) is 18.4 Å². The van der Waals surface area contributed by atoms with E-state index in [1.807, 2.05) is 24.3 Å². The van der Waals surface area contributed by atoms with Gasteiger partial charge in [-0.3, -0.25) is 0 Å². The topological polar surface area (TPSA) is 71.0 Å². The van der Waals surface area contributed by atoms with Crippen molar-refractivity contribution < 1.29 is 9.18 Å². The predicted octanol–water partition coefficient (Wildman–Crippen LogP) is 4.08. The Labute approximate surface area is 173 Å². The summed E-state index contributed by atoms with van der Waals surface area (Å²) < 4.78 is 15.9. The number of hydrogen-bond acceptors (Lipinski definition) is 3. The molecule has 1 heterocycles. The van der Waals surface area contributed by atoms with Crippen LogP contribution in [0, 0.1) is 5.82 Å². The number of halogens is 1. The number of imidazole rings is 1. The average molecular weight is 403 g/mol. The Kier molecular flexibility index (Phi) is 5.89. The maximum Gasteiger partial charge on any atom is 0.315 e. The van der Waals surface area contributed by atoms with Crippen molar-refractivity contribution in [2.24, 2.45) is 0 Å². The van der Waals surface area contributed by atoms with Crippen molar-refractivity contribution in [3.8, 4) is 5.69 Å². The van der Waals surface area contributed by atoms with E-state index in [0.717, 1.165) is 11.1 Å². The minimum absolute atomic E-state index is 0.240. The van der Waals surface area contributed by atoms with Crippen LogP contribution in [0.1, 0.15) is 5.56 Å². The molecule has 30 heavy (non-hydrogen) atoms. The quantitative estimate of drug-likeness (QED) is 0.407. The first kappa shape index (κ1) is 19.4. The first-order valence-electron chi connectivity index (χ1n) is 9.71. The lowest BCUT2D eigenvalue weighted by Crippen LogP contribution is -2.37. The zero-order chi connectivity index (χ0) is 20.8. The number of hydrogen-bond donors (Lipinski definition) is 3. The van der Waals surface area contributed by atoms with Gasteiger partial charge in [0, 0.05) is 43.1 Å². The fourth-order valence-corrected chi connectivity index (χ4v) is 3.27. The standard InChI is InChI=1S/C23H22FN5O/c24-20-14-17(8-9-22(20)29-13-12-25-16-29)15-28-23(30)27-11-10-26-21-7-3-5-18-4-1-2-6-19(18)21/h1-9,12-14,16,26H,10-11,15H2,(H2,27,28,30). The van der Waals surface area contributed by atoms with Crippen LogP contribution in [0.15, 0.2) is 79.4 Å². The van der Waals surface area contributed by atoms with Gasteiger partial charge in [-0.1, -0.05) is 42.5 Å². The average Bonchev–Trinajstić information content (AvgIpc) is 3.30. The molecule has 4 aromatic rings. The molecule has 6 nitrogen and oxygen atoms in total. The van der Waals surface area contributed by atoms with E-state index in [2.05, 4.69) is 39.1 Å². The fourth-order valence-electron chi connectivity index (χ4n) is 3.27. The third-order valence-corrected chi connectivity index (χ3v) is 4.76. The summed E-state index contributed by atoms with van der Waals surface area (Å²) in [6.45, 7) is 1.29. The largest absolute Gasteiger partial charge is 0.383 e. The highest BCUT2D eigenvalue weighted by Gasteiger charge is 2.07. The molecule has 0 atom stereocenters. The zero-order valence-electron chi connectivity index (χ0n) is 16.3. The summed E-state index contributed by atoms with van der Waals surface area (Å²) in [7, 11) is 0. The molecule has 2 amide bonds. The minimum Gasteiger partial charge on any atom is -0.383 e. The Bertz CT molecular complexity index is 1140. The van der Waals surface area contributed by atoms with E-state index < -0.39 is 0 Å². The van der Waals surface area contributed by atoms with Crippen LogP contribution in [-0.4, -0.2) is 28.7 Å². The second kappa shape index (κ2) is 9.09. The molecule has 3 N–H and O–H groups in total. The van der Waals surface area contributed by atoms with Gasteiger partial charge in [-0.05, 0) is 29.1 Å². The van der Waals surface area contributed by atoms with Crippen molar-refractivity contribution in [3.05, 3.63) is 90.8 Å². The molecule has 3 aromatic carbocycles. The number of carbonyl (C=O) groups is 1. The summed E-state index contributed by atoms with van der Waals surface area (Å²) in [5.74, 6) is -0.369. The second-order valence-corrected chi connectivity index (χ2v) is 6.82. The molecule has 0 aliphatic carbocycles. The van der Waals surface area contributed by atoms with Crippen molar-refractivity contribution >= 4 is 22.5 Å². The number of aromatic nitrogens is 2. The van der Waals surface area contributed by atoms with Crippen LogP contribution < -0.4 is 16.0 Å². The van der Waals surface area contributed by atoms with Crippen LogP contribution in [0.4, 0.5) is 14.9 Å². The Balaban J connectivity index is 1.23. The van der Waals surface area contributed by atoms with Crippen molar-refractivity contribution in [1.29, 1.82) is 0 Å². The number of fused-ring (bicyclic) bond motifs is 1. The number of rotatable bonds is 7. The summed E-state index contributed by atoms with van der Waals surface area (Å²) in [6, 6.07) is 18.8. The van der Waals surface area contributed by atoms with E-state index in [9.17, 15) is 9.18 Å². The molecular formula is C23H22FN5O. The van der Waals surface area contributed by atoms with Crippen LogP contribution >= 0.6 is 0 Å². The lowest BCUT2D eigenvalue weighted by Gasteiger charge is -2.12. The number of urea groups is 1. The van der Waals surface area contributed by atoms with Crippen LogP contribution in [-0.2, 0) is 6.54 Å². The van der Waals surface area contributed by atoms with E-state index in [1.54, 1.807) is 29.1 Å². The summed E-state index contributed by atoms with van der Waals surface area (Å²) >= 11 is 0. The van der Waals surface area contributed by atoms with Crippen molar-refractivity contribution in [2.45, 2.75) is 6.54 Å². The van der Waals surface area contributed by atoms with Gasteiger partial charge in [0.1, 0.15) is 5.82 Å². The van der Waals surface area contributed by atoms with E-state index in [1.165, 1.54) is 17.8 Å². The number of amides is 2. The Morgan fingerprint density at radius 3 is 2.70 bits per heavy atom. The molecule has 0 fully saturated rings. The molecule has 0 bridgehead atoms. The summed E-state index contributed by atoms with van der Waals surface area (Å²) in [5, 5.41) is 11.2. The van der Waals surface area contributed by atoms with Crippen molar-refractivity contribution in [2.75, 3.05) is 18.4 Å². The fraction of sp³-hybridized carbons (Fsp3) is 0.130. The molecule has 0 aliphatic rings. The molecule has 0 spiro atoms. The Hall–Kier alpha value is -3.87. The van der Waals surface area contributed by atoms with Crippen LogP contribution in [0.5, 0.6) is 0 Å². The van der Waals surface area contributed by atoms with Gasteiger partial charge in [-0.15, -0.1) is 0 Å². The molecule has 152 valence electrons. The lowest BCUT2D eigenvalue weighted by atomic mass is 10.1. The number of carbonyl (C=O) groups excluding carboxylic acids is 1. The van der Waals surface area contributed by atoms with Gasteiger partial charge in [0.15, 0.2) is 0 Å². The lowest BCUT2D eigenvalue weighted by molar-refractivity contribution is 0.241. The van der Waals surface area contributed by atoms with Gasteiger partial charge < -0.3 is 20.5 Å². The predicted molar refractivity (Wildman–Crippen MR) is 116 cm³/mol. The van der Waals surface area contributed by atoms with Gasteiger partial charge in [0.2, 0.25) is 0 Å². The molecule has 0 saturated heterocycles. The molecule has 0 aliphatic heterocycles. The molecule has 0 radical (unpaired) electrons. The number of nitrogens with one attached hydrogen (secondary N) is 3. The van der Waals surface area contributed by atoms with Crippen molar-refractivity contribution in [1.82, 2.24) is 20.2 Å². The van der Waals surface area contributed by atoms with Crippen LogP contribution in [0.3, 0.4) is 0 Å². The number of anilines is 1. The summed E-state index contributed by atoms with van der Waals surface area (Å²) in [4.78, 5) is 15.9. The molecule has 0 saturated carbocycles. The van der Waals surface area contributed by atoms with Crippen LogP contribution in [0.2, 0.25) is 0 Å². The first-order valence-corrected chi connectivity index (χ1v) is 9.71. The van der Waals surface area contributed by atoms with E-state index >= 15 is 0 Å². The zero-order valence-corrected chi connectivity index (χ0v) is 16.3. The van der Waals surface area contributed by atoms with E-state index in [0.29, 0.717) is 24.3 Å². The highest BCUT2D eigenvalue weighted by Crippen LogP contribution is 2.22. The highest BCUT2D eigenvalue weighted by atomic mass is 19.1. The number of benzene rings is 3. The maximum atomic E-state index is 14.3. The van der Waals surface area contributed by atoms with Gasteiger partial charge in [0.25, 0.3) is 0 Å². The highest BCUT2D eigenvalue weighted by molar-refractivity contribution is 5.93. The monoisotopic (exact) mass is 403 g/mol. The molecule has 0 unspecified atom stereocenters. The smallest absolute Gasteiger partial charge is 0.315 e. The third kappa shape index (κ3) is 4.57. The van der Waals surface area contributed by atoms with Gasteiger partial charge in [-0.25, -0.2) is 14.2 Å². The molecule has 7 heteroatoms. The molecule has 4 rings (SSSR count). The summed E-state index contributed by atoms with van der Waals surface area (Å²) in [6.07, 6.45) is 4.81. The molecular weight excluding hydrogens is 381 g/mol. The second-order valence-electron chi connectivity index (χ2n) is 6.82. The number of nitrogens with zero attached hydrogens (tertiary/aromatic N) is 2. The SMILES string of the molecule is O=C(NCCNc1cccc2ccccc12)NCc1ccc(-n2ccnc2)c(F)c1. The summed E-state index contributed by atoms with van der Waals surface area (Å²) in [5.41, 5.74) is 2.13. The van der Waals surface area contributed by atoms with Gasteiger partial charge in [0.05, 0.1) is 12.0 Å². The van der Waals surface area contributed by atoms with Gasteiger partial charge in [-0.2, -0.15) is 0 Å². The Morgan fingerprint density at radius 1 is 1.00 bits per heavy atom. The third-order valence-electron chi connectivity index (χ3n) is 4.76. The normalized spacial score (nSPS) is 10.7. The first-order chi connectivity index (χ1) is 14.7. The van der Waals surface area contributed by atoms with Crippen molar-refractivity contribution in [3.63, 3.8) is 0 Å².